The van der Waals surface area contributed by atoms with Crippen LogP contribution in [0.5, 0.6) is 0 Å². The summed E-state index contributed by atoms with van der Waals surface area (Å²) < 4.78 is 121. The average molecular weight is 514 g/mol. The molecule has 2 saturated carbocycles. The van der Waals surface area contributed by atoms with Crippen molar-refractivity contribution in [3.63, 3.8) is 0 Å². The molecule has 2 amide bonds. The van der Waals surface area contributed by atoms with Crippen LogP contribution in [0.2, 0.25) is 0 Å². The molecule has 0 heterocycles. The molecule has 3 unspecified atom stereocenters. The summed E-state index contributed by atoms with van der Waals surface area (Å²) in [6.45, 7) is 1.20. The van der Waals surface area contributed by atoms with Crippen LogP contribution in [0.25, 0.3) is 0 Å². The van der Waals surface area contributed by atoms with E-state index in [-0.39, 0.29) is 17.9 Å². The quantitative estimate of drug-likeness (QED) is 0.396. The van der Waals surface area contributed by atoms with E-state index in [0.717, 1.165) is 4.72 Å². The third kappa shape index (κ3) is 6.59. The number of hydrogen-bond donors (Lipinski definition) is 2. The van der Waals surface area contributed by atoms with Gasteiger partial charge in [-0.3, -0.25) is 9.59 Å². The fourth-order valence-electron chi connectivity index (χ4n) is 4.39. The molecular formula is C16H20F6N2O6S2. The van der Waals surface area contributed by atoms with Crippen molar-refractivity contribution in [1.82, 2.24) is 9.44 Å². The summed E-state index contributed by atoms with van der Waals surface area (Å²) in [7, 11) is -10.8. The highest BCUT2D eigenvalue weighted by Crippen LogP contribution is 2.59. The van der Waals surface area contributed by atoms with Gasteiger partial charge in [0.2, 0.25) is 15.9 Å². The van der Waals surface area contributed by atoms with Gasteiger partial charge in [-0.2, -0.15) is 34.8 Å². The van der Waals surface area contributed by atoms with Crippen molar-refractivity contribution >= 4 is 31.9 Å². The monoisotopic (exact) mass is 514 g/mol. The molecule has 2 fully saturated rings. The van der Waals surface area contributed by atoms with Gasteiger partial charge in [0.15, 0.2) is 5.75 Å². The normalized spacial score (nSPS) is 26.8. The van der Waals surface area contributed by atoms with Crippen LogP contribution in [0, 0.1) is 17.3 Å². The zero-order valence-corrected chi connectivity index (χ0v) is 18.1. The Morgan fingerprint density at radius 2 is 1.62 bits per heavy atom. The lowest BCUT2D eigenvalue weighted by Crippen LogP contribution is -2.41. The van der Waals surface area contributed by atoms with E-state index >= 15 is 0 Å². The molecule has 8 nitrogen and oxygen atoms in total. The van der Waals surface area contributed by atoms with E-state index in [1.165, 1.54) is 17.7 Å². The highest BCUT2D eigenvalue weighted by molar-refractivity contribution is 7.91. The number of carbonyl (C=O) groups is 2. The number of alkyl halides is 6. The Kier molecular flexibility index (Phi) is 7.02. The minimum Gasteiger partial charge on any atom is -0.274 e. The SMILES string of the molecule is C/C(=C/C12CCC(C1)C(CC(=O)NS(=O)(=O)C(F)(F)F)C2)C(=O)NS(=O)(=O)CC(F)(F)F. The third-order valence-electron chi connectivity index (χ3n) is 5.50. The molecule has 2 rings (SSSR count). The third-order valence-corrected chi connectivity index (χ3v) is 7.81. The summed E-state index contributed by atoms with van der Waals surface area (Å²) in [5.41, 5.74) is -6.51. The second kappa shape index (κ2) is 8.50. The van der Waals surface area contributed by atoms with Crippen LogP contribution in [0.4, 0.5) is 26.3 Å². The predicted octanol–water partition coefficient (Wildman–Crippen LogP) is 2.10. The van der Waals surface area contributed by atoms with Crippen LogP contribution in [-0.4, -0.2) is 46.1 Å². The summed E-state index contributed by atoms with van der Waals surface area (Å²) in [6.07, 6.45) is -2.47. The molecule has 0 aliphatic heterocycles. The Labute approximate surface area is 179 Å². The predicted molar refractivity (Wildman–Crippen MR) is 97.4 cm³/mol. The zero-order valence-electron chi connectivity index (χ0n) is 16.5. The number of amides is 2. The summed E-state index contributed by atoms with van der Waals surface area (Å²) in [5, 5.41) is 0. The molecule has 2 aliphatic rings. The summed E-state index contributed by atoms with van der Waals surface area (Å²) in [6, 6.07) is 0. The molecule has 0 aromatic heterocycles. The fraction of sp³-hybridized carbons (Fsp3) is 0.750. The summed E-state index contributed by atoms with van der Waals surface area (Å²) in [4.78, 5) is 23.9. The van der Waals surface area contributed by atoms with Crippen LogP contribution in [0.3, 0.4) is 0 Å². The van der Waals surface area contributed by atoms with E-state index in [1.807, 2.05) is 0 Å². The van der Waals surface area contributed by atoms with Gasteiger partial charge in [-0.25, -0.2) is 17.9 Å². The van der Waals surface area contributed by atoms with Crippen molar-refractivity contribution in [1.29, 1.82) is 0 Å². The van der Waals surface area contributed by atoms with E-state index in [4.69, 9.17) is 0 Å². The molecule has 3 atom stereocenters. The first-order valence-corrected chi connectivity index (χ1v) is 12.3. The first-order valence-electron chi connectivity index (χ1n) is 9.17. The zero-order chi connectivity index (χ0) is 24.8. The van der Waals surface area contributed by atoms with E-state index < -0.39 is 67.1 Å². The maximum Gasteiger partial charge on any atom is 0.516 e. The molecule has 16 heteroatoms. The smallest absolute Gasteiger partial charge is 0.274 e. The number of fused-ring (bicyclic) bond motifs is 2. The number of nitrogens with one attached hydrogen (secondary N) is 2. The molecule has 184 valence electrons. The maximum atomic E-state index is 12.4. The number of rotatable bonds is 7. The standard InChI is InChI=1S/C16H20F6N2O6S2/c1-9(13(26)24-31(27,28)8-15(17,18)19)5-14-3-2-10(6-14)11(7-14)4-12(25)23-32(29,30)16(20,21)22/h5,10-11H,2-4,6-8H2,1H3,(H,23,25)(H,24,26)/b9-5-. The molecule has 2 N–H and O–H groups in total. The van der Waals surface area contributed by atoms with Crippen molar-refractivity contribution in [2.24, 2.45) is 17.3 Å². The summed E-state index contributed by atoms with van der Waals surface area (Å²) in [5.74, 6) is -5.43. The molecule has 0 aromatic carbocycles. The first-order chi connectivity index (χ1) is 14.2. The van der Waals surface area contributed by atoms with Crippen molar-refractivity contribution in [2.45, 2.75) is 50.7 Å². The molecule has 0 radical (unpaired) electrons. The minimum atomic E-state index is -5.83. The minimum absolute atomic E-state index is 0.143. The Hall–Kier alpha value is -1.84. The molecule has 0 spiro atoms. The first kappa shape index (κ1) is 26.4. The largest absolute Gasteiger partial charge is 0.516 e. The number of halogens is 6. The Morgan fingerprint density at radius 3 is 2.16 bits per heavy atom. The lowest BCUT2D eigenvalue weighted by molar-refractivity contribution is -0.121. The van der Waals surface area contributed by atoms with Crippen molar-refractivity contribution in [3.05, 3.63) is 11.6 Å². The number of allylic oxidation sites excluding steroid dienone is 1. The van der Waals surface area contributed by atoms with Gasteiger partial charge in [-0.05, 0) is 49.9 Å². The Bertz CT molecular complexity index is 1020. The van der Waals surface area contributed by atoms with Crippen molar-refractivity contribution in [2.75, 3.05) is 5.75 Å². The van der Waals surface area contributed by atoms with Gasteiger partial charge in [0, 0.05) is 12.0 Å². The highest BCUT2D eigenvalue weighted by Gasteiger charge is 2.51. The highest BCUT2D eigenvalue weighted by atomic mass is 32.2. The van der Waals surface area contributed by atoms with Crippen LogP contribution >= 0.6 is 0 Å². The molecule has 2 aliphatic carbocycles. The van der Waals surface area contributed by atoms with Gasteiger partial charge in [-0.1, -0.05) is 6.08 Å². The fourth-order valence-corrected chi connectivity index (χ4v) is 5.84. The number of sulfonamides is 2. The van der Waals surface area contributed by atoms with E-state index in [9.17, 15) is 52.8 Å². The average Bonchev–Trinajstić information content (AvgIpc) is 3.07. The molecule has 2 bridgehead atoms. The Morgan fingerprint density at radius 1 is 1.03 bits per heavy atom. The van der Waals surface area contributed by atoms with Crippen LogP contribution in [0.1, 0.15) is 39.0 Å². The topological polar surface area (TPSA) is 126 Å². The van der Waals surface area contributed by atoms with Gasteiger partial charge in [-0.15, -0.1) is 0 Å². The van der Waals surface area contributed by atoms with Gasteiger partial charge in [0.1, 0.15) is 0 Å². The van der Waals surface area contributed by atoms with E-state index in [1.54, 1.807) is 0 Å². The van der Waals surface area contributed by atoms with Gasteiger partial charge in [0.05, 0.1) is 0 Å². The molecular weight excluding hydrogens is 494 g/mol. The van der Waals surface area contributed by atoms with E-state index in [2.05, 4.69) is 0 Å². The second-order valence-corrected chi connectivity index (χ2v) is 11.5. The van der Waals surface area contributed by atoms with Crippen LogP contribution in [-0.2, 0) is 29.6 Å². The second-order valence-electron chi connectivity index (χ2n) is 8.14. The van der Waals surface area contributed by atoms with Gasteiger partial charge >= 0.3 is 21.7 Å². The maximum absolute atomic E-state index is 12.4. The Balaban J connectivity index is 2.04. The van der Waals surface area contributed by atoms with Crippen molar-refractivity contribution in [3.8, 4) is 0 Å². The lowest BCUT2D eigenvalue weighted by Gasteiger charge is -2.28. The molecule has 0 saturated heterocycles. The summed E-state index contributed by atoms with van der Waals surface area (Å²) >= 11 is 0. The number of carbonyl (C=O) groups excluding carboxylic acids is 2. The van der Waals surface area contributed by atoms with E-state index in [0.29, 0.717) is 19.3 Å². The van der Waals surface area contributed by atoms with Crippen LogP contribution < -0.4 is 9.44 Å². The number of hydrogen-bond acceptors (Lipinski definition) is 6. The molecule has 32 heavy (non-hydrogen) atoms. The molecule has 0 aromatic rings. The lowest BCUT2D eigenvalue weighted by atomic mass is 9.78. The van der Waals surface area contributed by atoms with Gasteiger partial charge in [0.25, 0.3) is 5.91 Å². The van der Waals surface area contributed by atoms with Gasteiger partial charge < -0.3 is 0 Å². The van der Waals surface area contributed by atoms with Crippen LogP contribution in [0.15, 0.2) is 11.6 Å². The van der Waals surface area contributed by atoms with Crippen molar-refractivity contribution < 1.29 is 52.8 Å².